The van der Waals surface area contributed by atoms with E-state index in [4.69, 9.17) is 4.42 Å². The van der Waals surface area contributed by atoms with Crippen molar-refractivity contribution in [2.24, 2.45) is 0 Å². The molecule has 2 aromatic carbocycles. The molecule has 0 unspecified atom stereocenters. The van der Waals surface area contributed by atoms with Gasteiger partial charge in [-0.15, -0.1) is 10.2 Å². The predicted molar refractivity (Wildman–Crippen MR) is 98.1 cm³/mol. The highest BCUT2D eigenvalue weighted by atomic mass is 19.4. The third-order valence-electron chi connectivity index (χ3n) is 4.04. The number of carbonyl (C=O) groups excluding carboxylic acids is 2. The minimum atomic E-state index is -4.47. The summed E-state index contributed by atoms with van der Waals surface area (Å²) in [4.78, 5) is 23.3. The second kappa shape index (κ2) is 8.26. The van der Waals surface area contributed by atoms with Crippen molar-refractivity contribution in [2.75, 3.05) is 5.32 Å². The van der Waals surface area contributed by atoms with E-state index >= 15 is 0 Å². The number of halogens is 3. The number of hydrogen-bond donors (Lipinski definition) is 1. The Morgan fingerprint density at radius 3 is 2.45 bits per heavy atom. The van der Waals surface area contributed by atoms with Gasteiger partial charge in [0.15, 0.2) is 5.78 Å². The molecule has 6 nitrogen and oxygen atoms in total. The number of aryl methyl sites for hydroxylation is 1. The molecule has 3 rings (SSSR count). The molecule has 1 N–H and O–H groups in total. The van der Waals surface area contributed by atoms with Gasteiger partial charge in [0.2, 0.25) is 17.7 Å². The topological polar surface area (TPSA) is 85.1 Å². The van der Waals surface area contributed by atoms with Gasteiger partial charge in [0.1, 0.15) is 0 Å². The third-order valence-corrected chi connectivity index (χ3v) is 4.04. The highest BCUT2D eigenvalue weighted by molar-refractivity contribution is 5.95. The molecule has 0 saturated carbocycles. The van der Waals surface area contributed by atoms with Gasteiger partial charge in [-0.3, -0.25) is 9.59 Å². The van der Waals surface area contributed by atoms with Crippen LogP contribution in [0.3, 0.4) is 0 Å². The van der Waals surface area contributed by atoms with E-state index in [1.54, 1.807) is 24.3 Å². The van der Waals surface area contributed by atoms with E-state index in [1.807, 2.05) is 0 Å². The van der Waals surface area contributed by atoms with Crippen LogP contribution in [0.25, 0.3) is 11.5 Å². The van der Waals surface area contributed by atoms with Crippen LogP contribution in [0.4, 0.5) is 18.9 Å². The van der Waals surface area contributed by atoms with Crippen molar-refractivity contribution < 1.29 is 27.2 Å². The van der Waals surface area contributed by atoms with Crippen LogP contribution in [0.2, 0.25) is 0 Å². The zero-order valence-corrected chi connectivity index (χ0v) is 15.3. The number of anilines is 1. The molecule has 1 heterocycles. The summed E-state index contributed by atoms with van der Waals surface area (Å²) in [6, 6.07) is 11.0. The Morgan fingerprint density at radius 2 is 1.79 bits per heavy atom. The summed E-state index contributed by atoms with van der Waals surface area (Å²) in [6.07, 6.45) is -4.30. The van der Waals surface area contributed by atoms with Gasteiger partial charge in [0.05, 0.1) is 5.56 Å². The Balaban J connectivity index is 1.59. The Kier molecular flexibility index (Phi) is 5.76. The van der Waals surface area contributed by atoms with Crippen LogP contribution in [0.15, 0.2) is 52.9 Å². The second-order valence-corrected chi connectivity index (χ2v) is 6.26. The zero-order valence-electron chi connectivity index (χ0n) is 15.3. The predicted octanol–water partition coefficient (Wildman–Crippen LogP) is 4.53. The summed E-state index contributed by atoms with van der Waals surface area (Å²) in [7, 11) is 0. The number of aromatic nitrogens is 2. The maximum absolute atomic E-state index is 12.8. The monoisotopic (exact) mass is 403 g/mol. The summed E-state index contributed by atoms with van der Waals surface area (Å²) in [5.41, 5.74) is 0.407. The van der Waals surface area contributed by atoms with Crippen LogP contribution in [0.1, 0.15) is 35.2 Å². The Bertz CT molecular complexity index is 1030. The van der Waals surface area contributed by atoms with Crippen molar-refractivity contribution in [1.29, 1.82) is 0 Å². The van der Waals surface area contributed by atoms with E-state index < -0.39 is 11.7 Å². The third kappa shape index (κ3) is 5.28. The maximum atomic E-state index is 12.8. The zero-order chi connectivity index (χ0) is 21.0. The molecule has 0 atom stereocenters. The lowest BCUT2D eigenvalue weighted by molar-refractivity contribution is -0.137. The molecule has 3 aromatic rings. The molecule has 0 aliphatic rings. The lowest BCUT2D eigenvalue weighted by Gasteiger charge is -2.06. The van der Waals surface area contributed by atoms with E-state index in [9.17, 15) is 22.8 Å². The lowest BCUT2D eigenvalue weighted by Crippen LogP contribution is -2.12. The first kappa shape index (κ1) is 20.2. The fraction of sp³-hybridized carbons (Fsp3) is 0.200. The number of carbonyl (C=O) groups is 2. The van der Waals surface area contributed by atoms with Crippen LogP contribution in [0.5, 0.6) is 0 Å². The van der Waals surface area contributed by atoms with E-state index in [2.05, 4.69) is 15.5 Å². The standard InChI is InChI=1S/C20H16F3N3O3/c1-12(27)13-5-7-16(8-6-13)24-17(28)9-10-18-25-26-19(29-18)14-3-2-4-15(11-14)20(21,22)23/h2-8,11H,9-10H2,1H3,(H,24,28). The summed E-state index contributed by atoms with van der Waals surface area (Å²) in [5, 5.41) is 10.2. The van der Waals surface area contributed by atoms with Gasteiger partial charge in [-0.1, -0.05) is 6.07 Å². The molecule has 0 fully saturated rings. The van der Waals surface area contributed by atoms with Crippen LogP contribution >= 0.6 is 0 Å². The Hall–Kier alpha value is -3.49. The number of amides is 1. The largest absolute Gasteiger partial charge is 0.421 e. The van der Waals surface area contributed by atoms with Crippen molar-refractivity contribution in [2.45, 2.75) is 25.9 Å². The molecule has 0 saturated heterocycles. The number of nitrogens with one attached hydrogen (secondary N) is 1. The van der Waals surface area contributed by atoms with Crippen molar-refractivity contribution in [1.82, 2.24) is 10.2 Å². The van der Waals surface area contributed by atoms with Crippen LogP contribution in [-0.2, 0) is 17.4 Å². The average molecular weight is 403 g/mol. The maximum Gasteiger partial charge on any atom is 0.416 e. The Morgan fingerprint density at radius 1 is 1.07 bits per heavy atom. The molecular formula is C20H16F3N3O3. The average Bonchev–Trinajstić information content (AvgIpc) is 3.15. The molecule has 1 amide bonds. The minimum absolute atomic E-state index is 0.0404. The molecule has 0 aliphatic heterocycles. The van der Waals surface area contributed by atoms with Gasteiger partial charge in [-0.2, -0.15) is 13.2 Å². The number of ketones is 1. The fourth-order valence-electron chi connectivity index (χ4n) is 2.53. The summed E-state index contributed by atoms with van der Waals surface area (Å²) >= 11 is 0. The number of Topliss-reactive ketones (excluding diaryl/α,β-unsaturated/α-hetero) is 1. The van der Waals surface area contributed by atoms with Gasteiger partial charge in [-0.25, -0.2) is 0 Å². The van der Waals surface area contributed by atoms with Crippen molar-refractivity contribution in [3.8, 4) is 11.5 Å². The number of hydrogen-bond acceptors (Lipinski definition) is 5. The molecule has 0 radical (unpaired) electrons. The number of alkyl halides is 3. The molecule has 9 heteroatoms. The Labute approximate surface area is 163 Å². The van der Waals surface area contributed by atoms with Gasteiger partial charge in [0, 0.05) is 29.7 Å². The summed E-state index contributed by atoms with van der Waals surface area (Å²) in [6.45, 7) is 1.45. The van der Waals surface area contributed by atoms with Gasteiger partial charge in [0.25, 0.3) is 0 Å². The van der Waals surface area contributed by atoms with E-state index in [1.165, 1.54) is 19.1 Å². The quantitative estimate of drug-likeness (QED) is 0.612. The van der Waals surface area contributed by atoms with Crippen LogP contribution in [-0.4, -0.2) is 21.9 Å². The normalized spacial score (nSPS) is 11.3. The smallest absolute Gasteiger partial charge is 0.416 e. The van der Waals surface area contributed by atoms with Crippen molar-refractivity contribution in [3.05, 3.63) is 65.5 Å². The first-order valence-corrected chi connectivity index (χ1v) is 8.63. The van der Waals surface area contributed by atoms with E-state index in [0.29, 0.717) is 11.3 Å². The second-order valence-electron chi connectivity index (χ2n) is 6.26. The highest BCUT2D eigenvalue weighted by Gasteiger charge is 2.30. The first-order valence-electron chi connectivity index (χ1n) is 8.63. The summed E-state index contributed by atoms with van der Waals surface area (Å²) < 4.78 is 43.8. The number of benzene rings is 2. The molecule has 150 valence electrons. The van der Waals surface area contributed by atoms with Gasteiger partial charge in [-0.05, 0) is 49.4 Å². The van der Waals surface area contributed by atoms with Crippen molar-refractivity contribution in [3.63, 3.8) is 0 Å². The number of rotatable bonds is 6. The fourth-order valence-corrected chi connectivity index (χ4v) is 2.53. The SMILES string of the molecule is CC(=O)c1ccc(NC(=O)CCc2nnc(-c3cccc(C(F)(F)F)c3)o2)cc1. The minimum Gasteiger partial charge on any atom is -0.421 e. The number of nitrogens with zero attached hydrogens (tertiary/aromatic N) is 2. The lowest BCUT2D eigenvalue weighted by atomic mass is 10.1. The van der Waals surface area contributed by atoms with Gasteiger partial charge >= 0.3 is 6.18 Å². The van der Waals surface area contributed by atoms with E-state index in [0.717, 1.165) is 12.1 Å². The molecule has 0 bridgehead atoms. The molecule has 1 aromatic heterocycles. The summed E-state index contributed by atoms with van der Waals surface area (Å²) in [5.74, 6) is -0.291. The molecule has 29 heavy (non-hydrogen) atoms. The van der Waals surface area contributed by atoms with Crippen molar-refractivity contribution >= 4 is 17.4 Å². The van der Waals surface area contributed by atoms with Crippen LogP contribution in [0, 0.1) is 0 Å². The molecule has 0 spiro atoms. The molecular weight excluding hydrogens is 387 g/mol. The van der Waals surface area contributed by atoms with Gasteiger partial charge < -0.3 is 9.73 Å². The first-order chi connectivity index (χ1) is 13.7. The highest BCUT2D eigenvalue weighted by Crippen LogP contribution is 2.31. The van der Waals surface area contributed by atoms with E-state index in [-0.39, 0.29) is 41.9 Å². The molecule has 0 aliphatic carbocycles. The van der Waals surface area contributed by atoms with Crippen LogP contribution < -0.4 is 5.32 Å².